The number of hydrogen-bond donors (Lipinski definition) is 1. The van der Waals surface area contributed by atoms with E-state index in [9.17, 15) is 9.90 Å². The van der Waals surface area contributed by atoms with Crippen LogP contribution in [0.15, 0.2) is 48.8 Å². The van der Waals surface area contributed by atoms with Crippen LogP contribution >= 0.6 is 11.3 Å². The third-order valence-electron chi connectivity index (χ3n) is 4.66. The van der Waals surface area contributed by atoms with E-state index < -0.39 is 12.1 Å². The molecule has 0 amide bonds. The molecule has 3 aromatic rings. The summed E-state index contributed by atoms with van der Waals surface area (Å²) in [6, 6.07) is 11.5. The van der Waals surface area contributed by atoms with Crippen molar-refractivity contribution in [2.45, 2.75) is 45.8 Å². The van der Waals surface area contributed by atoms with Gasteiger partial charge in [-0.25, -0.2) is 14.8 Å². The van der Waals surface area contributed by atoms with E-state index in [-0.39, 0.29) is 6.10 Å². The standard InChI is InChI=1S/C23H26N2O4S/c1-4-16-13-24-22(25-14-16)21-11-10-20(30-21)15(3)29-18-8-6-17(7-9-18)12-19(23(26)27)28-5-2/h6-11,13-15,19H,4-5,12H2,1-3H3,(H,26,27). The van der Waals surface area contributed by atoms with Crippen LogP contribution in [0.1, 0.15) is 42.9 Å². The van der Waals surface area contributed by atoms with Crippen LogP contribution in [0.25, 0.3) is 10.7 Å². The molecule has 0 aliphatic carbocycles. The molecule has 0 aliphatic rings. The maximum absolute atomic E-state index is 11.2. The highest BCUT2D eigenvalue weighted by atomic mass is 32.1. The zero-order chi connectivity index (χ0) is 21.5. The quantitative estimate of drug-likeness (QED) is 0.494. The lowest BCUT2D eigenvalue weighted by molar-refractivity contribution is -0.149. The Labute approximate surface area is 180 Å². The highest BCUT2D eigenvalue weighted by Crippen LogP contribution is 2.32. The van der Waals surface area contributed by atoms with Gasteiger partial charge in [-0.05, 0) is 55.7 Å². The molecular formula is C23H26N2O4S. The minimum absolute atomic E-state index is 0.125. The average molecular weight is 427 g/mol. The SMILES string of the molecule is CCOC(Cc1ccc(OC(C)c2ccc(-c3ncc(CC)cn3)s2)cc1)C(=O)O. The van der Waals surface area contributed by atoms with Crippen LogP contribution in [-0.4, -0.2) is 33.8 Å². The Morgan fingerprint density at radius 1 is 1.07 bits per heavy atom. The molecule has 2 atom stereocenters. The first-order chi connectivity index (χ1) is 14.5. The Morgan fingerprint density at radius 2 is 1.77 bits per heavy atom. The molecule has 2 unspecified atom stereocenters. The third kappa shape index (κ3) is 5.64. The van der Waals surface area contributed by atoms with Gasteiger partial charge in [0.2, 0.25) is 0 Å². The van der Waals surface area contributed by atoms with Gasteiger partial charge < -0.3 is 14.6 Å². The second-order valence-electron chi connectivity index (χ2n) is 6.86. The molecule has 2 aromatic heterocycles. The second-order valence-corrected chi connectivity index (χ2v) is 7.98. The van der Waals surface area contributed by atoms with Crippen molar-refractivity contribution >= 4 is 17.3 Å². The predicted molar refractivity (Wildman–Crippen MR) is 117 cm³/mol. The van der Waals surface area contributed by atoms with E-state index in [0.29, 0.717) is 13.0 Å². The number of ether oxygens (including phenoxy) is 2. The zero-order valence-electron chi connectivity index (χ0n) is 17.4. The third-order valence-corrected chi connectivity index (χ3v) is 5.90. The van der Waals surface area contributed by atoms with Crippen LogP contribution in [0.3, 0.4) is 0 Å². The maximum atomic E-state index is 11.2. The number of carboxylic acids is 1. The van der Waals surface area contributed by atoms with Gasteiger partial charge >= 0.3 is 5.97 Å². The number of benzene rings is 1. The molecule has 1 N–H and O–H groups in total. The number of aromatic nitrogens is 2. The van der Waals surface area contributed by atoms with Crippen molar-refractivity contribution in [2.24, 2.45) is 0 Å². The summed E-state index contributed by atoms with van der Waals surface area (Å²) in [7, 11) is 0. The minimum Gasteiger partial charge on any atom is -0.485 e. The number of carbonyl (C=O) groups is 1. The largest absolute Gasteiger partial charge is 0.485 e. The summed E-state index contributed by atoms with van der Waals surface area (Å²) in [5.74, 6) is 0.503. The summed E-state index contributed by atoms with van der Waals surface area (Å²) in [5, 5.41) is 9.22. The van der Waals surface area contributed by atoms with Gasteiger partial charge in [0, 0.05) is 30.3 Å². The van der Waals surface area contributed by atoms with Crippen LogP contribution in [0.2, 0.25) is 0 Å². The second kappa shape index (κ2) is 10.3. The molecule has 7 heteroatoms. The summed E-state index contributed by atoms with van der Waals surface area (Å²) < 4.78 is 11.3. The zero-order valence-corrected chi connectivity index (χ0v) is 18.2. The van der Waals surface area contributed by atoms with E-state index in [4.69, 9.17) is 9.47 Å². The molecule has 0 aliphatic heterocycles. The first kappa shape index (κ1) is 21.9. The van der Waals surface area contributed by atoms with Crippen molar-refractivity contribution in [2.75, 3.05) is 6.61 Å². The fraction of sp³-hybridized carbons (Fsp3) is 0.348. The highest BCUT2D eigenvalue weighted by molar-refractivity contribution is 7.15. The van der Waals surface area contributed by atoms with Gasteiger partial charge in [0.05, 0.1) is 4.88 Å². The lowest BCUT2D eigenvalue weighted by atomic mass is 10.1. The lowest BCUT2D eigenvalue weighted by Crippen LogP contribution is -2.26. The number of thiophene rings is 1. The monoisotopic (exact) mass is 426 g/mol. The Morgan fingerprint density at radius 3 is 2.37 bits per heavy atom. The maximum Gasteiger partial charge on any atom is 0.333 e. The Hall–Kier alpha value is -2.77. The summed E-state index contributed by atoms with van der Waals surface area (Å²) in [4.78, 5) is 22.2. The molecule has 0 saturated heterocycles. The van der Waals surface area contributed by atoms with Crippen molar-refractivity contribution in [3.05, 3.63) is 64.8 Å². The number of carboxylic acid groups (broad SMARTS) is 1. The van der Waals surface area contributed by atoms with Gasteiger partial charge in [0.25, 0.3) is 0 Å². The normalized spacial score (nSPS) is 13.0. The lowest BCUT2D eigenvalue weighted by Gasteiger charge is -2.15. The number of nitrogens with zero attached hydrogens (tertiary/aromatic N) is 2. The van der Waals surface area contributed by atoms with Gasteiger partial charge in [0.1, 0.15) is 11.9 Å². The van der Waals surface area contributed by atoms with Crippen molar-refractivity contribution in [3.63, 3.8) is 0 Å². The van der Waals surface area contributed by atoms with E-state index in [1.54, 1.807) is 18.3 Å². The van der Waals surface area contributed by atoms with E-state index in [0.717, 1.165) is 38.9 Å². The molecule has 30 heavy (non-hydrogen) atoms. The van der Waals surface area contributed by atoms with Crippen molar-refractivity contribution in [1.82, 2.24) is 9.97 Å². The number of hydrogen-bond acceptors (Lipinski definition) is 6. The number of aliphatic carboxylic acids is 1. The number of aryl methyl sites for hydroxylation is 1. The molecule has 158 valence electrons. The molecule has 0 radical (unpaired) electrons. The summed E-state index contributed by atoms with van der Waals surface area (Å²) in [5.41, 5.74) is 2.01. The highest BCUT2D eigenvalue weighted by Gasteiger charge is 2.18. The van der Waals surface area contributed by atoms with Crippen molar-refractivity contribution in [3.8, 4) is 16.5 Å². The first-order valence-corrected chi connectivity index (χ1v) is 10.8. The smallest absolute Gasteiger partial charge is 0.333 e. The van der Waals surface area contributed by atoms with E-state index >= 15 is 0 Å². The van der Waals surface area contributed by atoms with E-state index in [1.165, 1.54) is 0 Å². The summed E-state index contributed by atoms with van der Waals surface area (Å²) in [6.07, 6.45) is 4.01. The van der Waals surface area contributed by atoms with Gasteiger partial charge in [-0.2, -0.15) is 0 Å². The minimum atomic E-state index is -0.951. The van der Waals surface area contributed by atoms with Crippen LogP contribution in [0.4, 0.5) is 0 Å². The van der Waals surface area contributed by atoms with E-state index in [2.05, 4.69) is 16.9 Å². The molecule has 2 heterocycles. The van der Waals surface area contributed by atoms with Gasteiger partial charge in [-0.3, -0.25) is 0 Å². The van der Waals surface area contributed by atoms with Gasteiger partial charge in [-0.1, -0.05) is 19.1 Å². The van der Waals surface area contributed by atoms with Gasteiger partial charge in [0.15, 0.2) is 11.9 Å². The summed E-state index contributed by atoms with van der Waals surface area (Å²) in [6.45, 7) is 6.24. The Bertz CT molecular complexity index is 954. The molecule has 0 spiro atoms. The molecule has 0 saturated carbocycles. The number of rotatable bonds is 10. The van der Waals surface area contributed by atoms with Crippen molar-refractivity contribution in [1.29, 1.82) is 0 Å². The van der Waals surface area contributed by atoms with Crippen molar-refractivity contribution < 1.29 is 19.4 Å². The summed E-state index contributed by atoms with van der Waals surface area (Å²) >= 11 is 1.62. The van der Waals surface area contributed by atoms with E-state index in [1.807, 2.05) is 55.7 Å². The van der Waals surface area contributed by atoms with Crippen LogP contribution in [0.5, 0.6) is 5.75 Å². The topological polar surface area (TPSA) is 81.5 Å². The van der Waals surface area contributed by atoms with Crippen LogP contribution in [0, 0.1) is 0 Å². The Kier molecular flexibility index (Phi) is 7.54. The molecule has 6 nitrogen and oxygen atoms in total. The first-order valence-electron chi connectivity index (χ1n) is 10.0. The fourth-order valence-electron chi connectivity index (χ4n) is 2.96. The molecule has 3 rings (SSSR count). The Balaban J connectivity index is 1.62. The average Bonchev–Trinajstić information content (AvgIpc) is 3.25. The van der Waals surface area contributed by atoms with Crippen LogP contribution in [-0.2, 0) is 22.4 Å². The fourth-order valence-corrected chi connectivity index (χ4v) is 3.89. The predicted octanol–water partition coefficient (Wildman–Crippen LogP) is 4.94. The molecule has 0 bridgehead atoms. The molecule has 1 aromatic carbocycles. The van der Waals surface area contributed by atoms with Gasteiger partial charge in [-0.15, -0.1) is 11.3 Å². The van der Waals surface area contributed by atoms with Crippen LogP contribution < -0.4 is 4.74 Å². The molecular weight excluding hydrogens is 400 g/mol. The molecule has 0 fully saturated rings.